The summed E-state index contributed by atoms with van der Waals surface area (Å²) in [5.41, 5.74) is 4.10. The zero-order valence-corrected chi connectivity index (χ0v) is 17.2. The second kappa shape index (κ2) is 9.27. The monoisotopic (exact) mass is 393 g/mol. The standard InChI is InChI=1S/C23H31N5O/c1-18-6-4-9-24-22(18)25-10-11-26-23(29)28-13-5-12-27(14-15-28)21-16-19-7-2-3-8-20(19)17-21/h2-4,6-9,21H,5,10-17H2,1H3,(H,24,25)(H,26,29). The minimum Gasteiger partial charge on any atom is -0.368 e. The van der Waals surface area contributed by atoms with Gasteiger partial charge in [0.2, 0.25) is 0 Å². The molecule has 0 unspecified atom stereocenters. The van der Waals surface area contributed by atoms with Gasteiger partial charge in [-0.25, -0.2) is 9.78 Å². The molecule has 0 bridgehead atoms. The molecule has 6 nitrogen and oxygen atoms in total. The lowest BCUT2D eigenvalue weighted by Gasteiger charge is -2.27. The third-order valence-electron chi connectivity index (χ3n) is 6.07. The Labute approximate surface area is 173 Å². The topological polar surface area (TPSA) is 60.5 Å². The van der Waals surface area contributed by atoms with Crippen LogP contribution in [0.4, 0.5) is 10.6 Å². The molecule has 1 aliphatic carbocycles. The number of rotatable bonds is 5. The third kappa shape index (κ3) is 4.88. The number of aromatic nitrogens is 1. The molecule has 2 amide bonds. The molecular formula is C23H31N5O. The molecule has 1 aromatic heterocycles. The van der Waals surface area contributed by atoms with E-state index in [4.69, 9.17) is 0 Å². The van der Waals surface area contributed by atoms with E-state index in [0.717, 1.165) is 56.8 Å². The lowest BCUT2D eigenvalue weighted by Crippen LogP contribution is -2.44. The maximum atomic E-state index is 12.6. The lowest BCUT2D eigenvalue weighted by atomic mass is 10.1. The first-order chi connectivity index (χ1) is 14.2. The summed E-state index contributed by atoms with van der Waals surface area (Å²) in [6, 6.07) is 13.4. The Bertz CT molecular complexity index is 815. The van der Waals surface area contributed by atoms with Crippen molar-refractivity contribution in [3.8, 4) is 0 Å². The van der Waals surface area contributed by atoms with Crippen LogP contribution in [0.25, 0.3) is 0 Å². The lowest BCUT2D eigenvalue weighted by molar-refractivity contribution is 0.189. The number of carbonyl (C=O) groups is 1. The van der Waals surface area contributed by atoms with Crippen molar-refractivity contribution in [1.29, 1.82) is 0 Å². The highest BCUT2D eigenvalue weighted by molar-refractivity contribution is 5.74. The molecule has 1 fully saturated rings. The molecule has 0 saturated carbocycles. The summed E-state index contributed by atoms with van der Waals surface area (Å²) in [7, 11) is 0. The molecule has 1 aromatic carbocycles. The molecule has 2 aromatic rings. The Hall–Kier alpha value is -2.60. The number of nitrogens with one attached hydrogen (secondary N) is 2. The van der Waals surface area contributed by atoms with Crippen LogP contribution < -0.4 is 10.6 Å². The summed E-state index contributed by atoms with van der Waals surface area (Å²) in [6.45, 7) is 6.94. The smallest absolute Gasteiger partial charge is 0.317 e. The summed E-state index contributed by atoms with van der Waals surface area (Å²) < 4.78 is 0. The van der Waals surface area contributed by atoms with Crippen LogP contribution in [0.1, 0.15) is 23.1 Å². The highest BCUT2D eigenvalue weighted by atomic mass is 16.2. The van der Waals surface area contributed by atoms with Gasteiger partial charge in [-0.1, -0.05) is 30.3 Å². The fourth-order valence-corrected chi connectivity index (χ4v) is 4.43. The largest absolute Gasteiger partial charge is 0.368 e. The van der Waals surface area contributed by atoms with Crippen LogP contribution in [-0.2, 0) is 12.8 Å². The maximum absolute atomic E-state index is 12.6. The molecule has 0 radical (unpaired) electrons. The predicted octanol–water partition coefficient (Wildman–Crippen LogP) is 2.69. The predicted molar refractivity (Wildman–Crippen MR) is 116 cm³/mol. The van der Waals surface area contributed by atoms with Crippen molar-refractivity contribution in [2.75, 3.05) is 44.6 Å². The van der Waals surface area contributed by atoms with E-state index < -0.39 is 0 Å². The number of urea groups is 1. The minimum absolute atomic E-state index is 0.0427. The molecule has 154 valence electrons. The number of hydrogen-bond donors (Lipinski definition) is 2. The second-order valence-electron chi connectivity index (χ2n) is 8.03. The van der Waals surface area contributed by atoms with Crippen molar-refractivity contribution in [3.63, 3.8) is 0 Å². The Morgan fingerprint density at radius 1 is 1.03 bits per heavy atom. The third-order valence-corrected chi connectivity index (χ3v) is 6.07. The molecule has 2 heterocycles. The van der Waals surface area contributed by atoms with E-state index in [0.29, 0.717) is 19.1 Å². The van der Waals surface area contributed by atoms with Crippen LogP contribution in [0.15, 0.2) is 42.6 Å². The molecule has 1 saturated heterocycles. The first-order valence-electron chi connectivity index (χ1n) is 10.7. The average molecular weight is 394 g/mol. The van der Waals surface area contributed by atoms with Gasteiger partial charge in [-0.2, -0.15) is 0 Å². The van der Waals surface area contributed by atoms with Gasteiger partial charge in [0.15, 0.2) is 0 Å². The number of carbonyl (C=O) groups excluding carboxylic acids is 1. The van der Waals surface area contributed by atoms with E-state index in [1.807, 2.05) is 24.0 Å². The van der Waals surface area contributed by atoms with Crippen LogP contribution in [0, 0.1) is 6.92 Å². The molecule has 1 aliphatic heterocycles. The van der Waals surface area contributed by atoms with Gasteiger partial charge >= 0.3 is 6.03 Å². The van der Waals surface area contributed by atoms with Crippen LogP contribution in [0.3, 0.4) is 0 Å². The number of fused-ring (bicyclic) bond motifs is 1. The Morgan fingerprint density at radius 2 is 1.83 bits per heavy atom. The molecular weight excluding hydrogens is 362 g/mol. The average Bonchev–Trinajstić information content (AvgIpc) is 3.01. The van der Waals surface area contributed by atoms with Crippen molar-refractivity contribution in [2.24, 2.45) is 0 Å². The number of hydrogen-bond acceptors (Lipinski definition) is 4. The number of amides is 2. The maximum Gasteiger partial charge on any atom is 0.317 e. The summed E-state index contributed by atoms with van der Waals surface area (Å²) in [5, 5.41) is 6.33. The van der Waals surface area contributed by atoms with Gasteiger partial charge in [-0.05, 0) is 48.9 Å². The zero-order chi connectivity index (χ0) is 20.1. The Morgan fingerprint density at radius 3 is 2.59 bits per heavy atom. The number of benzene rings is 1. The van der Waals surface area contributed by atoms with Gasteiger partial charge in [0.05, 0.1) is 0 Å². The Balaban J connectivity index is 1.20. The van der Waals surface area contributed by atoms with Crippen LogP contribution >= 0.6 is 0 Å². The van der Waals surface area contributed by atoms with E-state index in [9.17, 15) is 4.79 Å². The van der Waals surface area contributed by atoms with Crippen molar-refractivity contribution in [1.82, 2.24) is 20.1 Å². The van der Waals surface area contributed by atoms with Crippen molar-refractivity contribution < 1.29 is 4.79 Å². The van der Waals surface area contributed by atoms with Gasteiger partial charge in [0, 0.05) is 51.5 Å². The normalized spacial score (nSPS) is 17.6. The van der Waals surface area contributed by atoms with Gasteiger partial charge in [-0.15, -0.1) is 0 Å². The molecule has 4 rings (SSSR count). The first kappa shape index (κ1) is 19.7. The van der Waals surface area contributed by atoms with E-state index in [-0.39, 0.29) is 6.03 Å². The quantitative estimate of drug-likeness (QED) is 0.767. The first-order valence-corrected chi connectivity index (χ1v) is 10.7. The molecule has 0 atom stereocenters. The van der Waals surface area contributed by atoms with E-state index in [2.05, 4.69) is 44.8 Å². The van der Waals surface area contributed by atoms with Crippen LogP contribution in [-0.4, -0.2) is 66.1 Å². The number of nitrogens with zero attached hydrogens (tertiary/aromatic N) is 3. The summed E-state index contributed by atoms with van der Waals surface area (Å²) in [5.74, 6) is 0.879. The molecule has 0 spiro atoms. The minimum atomic E-state index is 0.0427. The Kier molecular flexibility index (Phi) is 6.30. The number of anilines is 1. The van der Waals surface area contributed by atoms with Crippen LogP contribution in [0.5, 0.6) is 0 Å². The molecule has 2 aliphatic rings. The summed E-state index contributed by atoms with van der Waals surface area (Å²) >= 11 is 0. The number of pyridine rings is 1. The van der Waals surface area contributed by atoms with Crippen molar-refractivity contribution >= 4 is 11.8 Å². The highest BCUT2D eigenvalue weighted by Gasteiger charge is 2.28. The number of aryl methyl sites for hydroxylation is 1. The molecule has 2 N–H and O–H groups in total. The van der Waals surface area contributed by atoms with Crippen LogP contribution in [0.2, 0.25) is 0 Å². The van der Waals surface area contributed by atoms with E-state index in [1.165, 1.54) is 11.1 Å². The van der Waals surface area contributed by atoms with E-state index in [1.54, 1.807) is 6.20 Å². The summed E-state index contributed by atoms with van der Waals surface area (Å²) in [4.78, 5) is 21.5. The van der Waals surface area contributed by atoms with Gasteiger partial charge in [0.25, 0.3) is 0 Å². The SMILES string of the molecule is Cc1cccnc1NCCNC(=O)N1CCCN(C2Cc3ccccc3C2)CC1. The molecule has 29 heavy (non-hydrogen) atoms. The van der Waals surface area contributed by atoms with Gasteiger partial charge in [0.1, 0.15) is 5.82 Å². The van der Waals surface area contributed by atoms with E-state index >= 15 is 0 Å². The summed E-state index contributed by atoms with van der Waals surface area (Å²) in [6.07, 6.45) is 5.09. The van der Waals surface area contributed by atoms with Crippen molar-refractivity contribution in [3.05, 3.63) is 59.3 Å². The van der Waals surface area contributed by atoms with Gasteiger partial charge < -0.3 is 15.5 Å². The fourth-order valence-electron chi connectivity index (χ4n) is 4.43. The highest BCUT2D eigenvalue weighted by Crippen LogP contribution is 2.26. The van der Waals surface area contributed by atoms with Gasteiger partial charge in [-0.3, -0.25) is 4.90 Å². The zero-order valence-electron chi connectivity index (χ0n) is 17.2. The molecule has 6 heteroatoms. The van der Waals surface area contributed by atoms with Crippen molar-refractivity contribution in [2.45, 2.75) is 32.2 Å². The second-order valence-corrected chi connectivity index (χ2v) is 8.03. The fraction of sp³-hybridized carbons (Fsp3) is 0.478.